The molecule has 1 aliphatic carbocycles. The van der Waals surface area contributed by atoms with Gasteiger partial charge in [-0.05, 0) is 81.1 Å². The van der Waals surface area contributed by atoms with Crippen molar-refractivity contribution in [3.05, 3.63) is 60.2 Å². The lowest BCUT2D eigenvalue weighted by molar-refractivity contribution is 0.251. The van der Waals surface area contributed by atoms with Gasteiger partial charge in [0.05, 0.1) is 11.0 Å². The van der Waals surface area contributed by atoms with Crippen LogP contribution in [0.5, 0.6) is 0 Å². The Bertz CT molecular complexity index is 1210. The van der Waals surface area contributed by atoms with Crippen LogP contribution in [0.15, 0.2) is 53.3 Å². The molecule has 0 N–H and O–H groups in total. The fourth-order valence-electron chi connectivity index (χ4n) is 4.58. The second-order valence-electron chi connectivity index (χ2n) is 8.75. The highest BCUT2D eigenvalue weighted by atomic mass is 16.5. The van der Waals surface area contributed by atoms with Gasteiger partial charge in [-0.15, -0.1) is 0 Å². The van der Waals surface area contributed by atoms with Crippen molar-refractivity contribution in [3.63, 3.8) is 0 Å². The van der Waals surface area contributed by atoms with E-state index >= 15 is 0 Å². The first-order chi connectivity index (χ1) is 14.7. The minimum absolute atomic E-state index is 0.488. The van der Waals surface area contributed by atoms with E-state index in [1.54, 1.807) is 0 Å². The number of benzene rings is 2. The summed E-state index contributed by atoms with van der Waals surface area (Å²) in [6, 6.07) is 15.1. The highest BCUT2D eigenvalue weighted by Crippen LogP contribution is 2.39. The summed E-state index contributed by atoms with van der Waals surface area (Å²) in [6.45, 7) is 2.33. The molecule has 2 fully saturated rings. The molecule has 2 aromatic heterocycles. The largest absolute Gasteiger partial charge is 0.334 e. The van der Waals surface area contributed by atoms with E-state index in [0.717, 1.165) is 34.7 Å². The average molecular weight is 399 g/mol. The summed E-state index contributed by atoms with van der Waals surface area (Å²) < 4.78 is 7.65. The molecule has 4 aromatic rings. The van der Waals surface area contributed by atoms with Crippen molar-refractivity contribution in [2.75, 3.05) is 20.1 Å². The van der Waals surface area contributed by atoms with Crippen LogP contribution in [-0.2, 0) is 0 Å². The third-order valence-electron chi connectivity index (χ3n) is 6.42. The smallest absolute Gasteiger partial charge is 0.258 e. The Labute approximate surface area is 175 Å². The zero-order chi connectivity index (χ0) is 20.1. The molecule has 2 aliphatic rings. The second-order valence-corrected chi connectivity index (χ2v) is 8.75. The molecule has 30 heavy (non-hydrogen) atoms. The SMILES string of the molecule is CN1CCCC(c2cccc(-n3cnc4cc(-c5nc(C6CC6)no5)ccc43)c2)C1. The third kappa shape index (κ3) is 3.21. The second kappa shape index (κ2) is 7.06. The molecule has 0 bridgehead atoms. The maximum absolute atomic E-state index is 5.48. The fourth-order valence-corrected chi connectivity index (χ4v) is 4.58. The number of likely N-dealkylation sites (tertiary alicyclic amines) is 1. The summed E-state index contributed by atoms with van der Waals surface area (Å²) >= 11 is 0. The summed E-state index contributed by atoms with van der Waals surface area (Å²) in [5, 5.41) is 4.13. The molecule has 152 valence electrons. The van der Waals surface area contributed by atoms with Crippen LogP contribution in [0.4, 0.5) is 0 Å². The third-order valence-corrected chi connectivity index (χ3v) is 6.42. The molecule has 0 amide bonds. The number of likely N-dealkylation sites (N-methyl/N-ethyl adjacent to an activating group) is 1. The van der Waals surface area contributed by atoms with Crippen LogP contribution < -0.4 is 0 Å². The number of hydrogen-bond acceptors (Lipinski definition) is 5. The molecule has 1 saturated heterocycles. The Morgan fingerprint density at radius 2 is 1.97 bits per heavy atom. The number of rotatable bonds is 4. The van der Waals surface area contributed by atoms with Crippen LogP contribution in [0, 0.1) is 0 Å². The van der Waals surface area contributed by atoms with Gasteiger partial charge in [0, 0.05) is 23.7 Å². The number of imidazole rings is 1. The van der Waals surface area contributed by atoms with Crippen molar-refractivity contribution >= 4 is 11.0 Å². The fraction of sp³-hybridized carbons (Fsp3) is 0.375. The van der Waals surface area contributed by atoms with Crippen LogP contribution in [0.25, 0.3) is 28.2 Å². The Morgan fingerprint density at radius 1 is 1.03 bits per heavy atom. The van der Waals surface area contributed by atoms with E-state index < -0.39 is 0 Å². The standard InChI is InChI=1S/C24H25N5O/c1-28-11-3-5-19(14-28)17-4-2-6-20(12-17)29-15-25-21-13-18(9-10-22(21)29)24-26-23(27-30-24)16-7-8-16/h2,4,6,9-10,12-13,15-16,19H,3,5,7-8,11,14H2,1H3. The van der Waals surface area contributed by atoms with E-state index in [1.165, 1.54) is 37.8 Å². The maximum Gasteiger partial charge on any atom is 0.258 e. The topological polar surface area (TPSA) is 60.0 Å². The number of fused-ring (bicyclic) bond motifs is 1. The van der Waals surface area contributed by atoms with Gasteiger partial charge in [-0.2, -0.15) is 4.98 Å². The lowest BCUT2D eigenvalue weighted by Gasteiger charge is -2.30. The molecule has 1 atom stereocenters. The maximum atomic E-state index is 5.48. The first-order valence-corrected chi connectivity index (χ1v) is 10.8. The van der Waals surface area contributed by atoms with Gasteiger partial charge in [-0.25, -0.2) is 4.98 Å². The van der Waals surface area contributed by atoms with Crippen LogP contribution in [0.3, 0.4) is 0 Å². The van der Waals surface area contributed by atoms with E-state index in [-0.39, 0.29) is 0 Å². The summed E-state index contributed by atoms with van der Waals surface area (Å²) in [4.78, 5) is 11.7. The van der Waals surface area contributed by atoms with Gasteiger partial charge in [-0.1, -0.05) is 17.3 Å². The Balaban J connectivity index is 1.32. The van der Waals surface area contributed by atoms with Gasteiger partial charge in [0.2, 0.25) is 0 Å². The van der Waals surface area contributed by atoms with Crippen LogP contribution in [0.1, 0.15) is 48.9 Å². The summed E-state index contributed by atoms with van der Waals surface area (Å²) in [5.41, 5.74) is 5.51. The predicted molar refractivity (Wildman–Crippen MR) is 116 cm³/mol. The monoisotopic (exact) mass is 399 g/mol. The molecule has 3 heterocycles. The first-order valence-electron chi connectivity index (χ1n) is 10.8. The predicted octanol–water partition coefficient (Wildman–Crippen LogP) is 4.76. The van der Waals surface area contributed by atoms with E-state index in [1.807, 2.05) is 18.5 Å². The quantitative estimate of drug-likeness (QED) is 0.495. The Kier molecular flexibility index (Phi) is 4.20. The van der Waals surface area contributed by atoms with Gasteiger partial charge in [0.15, 0.2) is 5.82 Å². The highest BCUT2D eigenvalue weighted by Gasteiger charge is 2.29. The summed E-state index contributed by atoms with van der Waals surface area (Å²) in [6.07, 6.45) is 6.76. The lowest BCUT2D eigenvalue weighted by atomic mass is 9.90. The van der Waals surface area contributed by atoms with Crippen LogP contribution >= 0.6 is 0 Å². The molecular formula is C24H25N5O. The normalized spacial score (nSPS) is 20.1. The van der Waals surface area contributed by atoms with Crippen molar-refractivity contribution in [2.45, 2.75) is 37.5 Å². The summed E-state index contributed by atoms with van der Waals surface area (Å²) in [5.74, 6) is 2.50. The average Bonchev–Trinajstić information content (AvgIpc) is 3.35. The van der Waals surface area contributed by atoms with Gasteiger partial charge >= 0.3 is 0 Å². The van der Waals surface area contributed by atoms with Crippen molar-refractivity contribution in [2.24, 2.45) is 0 Å². The Morgan fingerprint density at radius 3 is 2.83 bits per heavy atom. The van der Waals surface area contributed by atoms with E-state index in [4.69, 9.17) is 4.52 Å². The lowest BCUT2D eigenvalue weighted by Crippen LogP contribution is -2.30. The van der Waals surface area contributed by atoms with Crippen LogP contribution in [-0.4, -0.2) is 44.7 Å². The van der Waals surface area contributed by atoms with E-state index in [9.17, 15) is 0 Å². The van der Waals surface area contributed by atoms with Gasteiger partial charge in [-0.3, -0.25) is 4.57 Å². The molecule has 1 saturated carbocycles. The zero-order valence-electron chi connectivity index (χ0n) is 17.2. The molecule has 2 aromatic carbocycles. The van der Waals surface area contributed by atoms with E-state index in [0.29, 0.717) is 17.7 Å². The molecule has 0 spiro atoms. The van der Waals surface area contributed by atoms with Gasteiger partial charge in [0.25, 0.3) is 5.89 Å². The number of nitrogens with zero attached hydrogens (tertiary/aromatic N) is 5. The first kappa shape index (κ1) is 17.8. The molecule has 6 heteroatoms. The van der Waals surface area contributed by atoms with Crippen molar-refractivity contribution in [1.82, 2.24) is 24.6 Å². The Hall–Kier alpha value is -2.99. The molecule has 6 rings (SSSR count). The number of piperidine rings is 1. The number of aromatic nitrogens is 4. The van der Waals surface area contributed by atoms with Crippen LogP contribution in [0.2, 0.25) is 0 Å². The molecular weight excluding hydrogens is 374 g/mol. The van der Waals surface area contributed by atoms with E-state index in [2.05, 4.69) is 62.0 Å². The molecule has 1 unspecified atom stereocenters. The molecule has 1 aliphatic heterocycles. The summed E-state index contributed by atoms with van der Waals surface area (Å²) in [7, 11) is 2.22. The minimum Gasteiger partial charge on any atom is -0.334 e. The zero-order valence-corrected chi connectivity index (χ0v) is 17.2. The van der Waals surface area contributed by atoms with Crippen molar-refractivity contribution in [3.8, 4) is 17.1 Å². The van der Waals surface area contributed by atoms with Gasteiger partial charge < -0.3 is 9.42 Å². The highest BCUT2D eigenvalue weighted by molar-refractivity contribution is 5.82. The van der Waals surface area contributed by atoms with Gasteiger partial charge in [0.1, 0.15) is 6.33 Å². The van der Waals surface area contributed by atoms with Crippen molar-refractivity contribution in [1.29, 1.82) is 0 Å². The number of hydrogen-bond donors (Lipinski definition) is 0. The minimum atomic E-state index is 0.488. The molecule has 6 nitrogen and oxygen atoms in total. The van der Waals surface area contributed by atoms with Crippen molar-refractivity contribution < 1.29 is 4.52 Å². The molecule has 0 radical (unpaired) electrons.